The molecule has 0 unspecified atom stereocenters. The van der Waals surface area contributed by atoms with Crippen molar-refractivity contribution in [3.05, 3.63) is 57.9 Å². The van der Waals surface area contributed by atoms with Gasteiger partial charge in [0.05, 0.1) is 33.8 Å². The van der Waals surface area contributed by atoms with E-state index in [-0.39, 0.29) is 10.8 Å². The van der Waals surface area contributed by atoms with Gasteiger partial charge in [0.25, 0.3) is 0 Å². The molecule has 6 heteroatoms. The van der Waals surface area contributed by atoms with Crippen molar-refractivity contribution in [3.8, 4) is 0 Å². The summed E-state index contributed by atoms with van der Waals surface area (Å²) in [5.74, 6) is -0.388. The summed E-state index contributed by atoms with van der Waals surface area (Å²) in [4.78, 5) is 4.28. The monoisotopic (exact) mass is 365 g/mol. The summed E-state index contributed by atoms with van der Waals surface area (Å²) in [6, 6.07) is 9.86. The number of halogens is 3. The van der Waals surface area contributed by atoms with Gasteiger partial charge in [-0.3, -0.25) is 4.98 Å². The van der Waals surface area contributed by atoms with Gasteiger partial charge in [-0.25, -0.2) is 4.39 Å². The number of rotatable bonds is 2. The molecule has 0 amide bonds. The molecular formula is C15H10BrClFN3. The predicted molar refractivity (Wildman–Crippen MR) is 88.5 cm³/mol. The SMILES string of the molecule is Nc1cnc2ccc(Br)cc2c1Nc1ccc(F)cc1Cl. The zero-order valence-electron chi connectivity index (χ0n) is 10.7. The molecule has 1 aromatic heterocycles. The predicted octanol–water partition coefficient (Wildman–Crippen LogP) is 5.12. The van der Waals surface area contributed by atoms with Crippen molar-refractivity contribution in [2.75, 3.05) is 11.1 Å². The lowest BCUT2D eigenvalue weighted by molar-refractivity contribution is 0.628. The smallest absolute Gasteiger partial charge is 0.124 e. The third-order valence-electron chi connectivity index (χ3n) is 3.05. The summed E-state index contributed by atoms with van der Waals surface area (Å²) < 4.78 is 14.0. The minimum atomic E-state index is -0.388. The Morgan fingerprint density at radius 3 is 2.76 bits per heavy atom. The van der Waals surface area contributed by atoms with Crippen molar-refractivity contribution in [2.45, 2.75) is 0 Å². The summed E-state index contributed by atoms with van der Waals surface area (Å²) in [6.45, 7) is 0. The van der Waals surface area contributed by atoms with Gasteiger partial charge in [-0.2, -0.15) is 0 Å². The summed E-state index contributed by atoms with van der Waals surface area (Å²) in [6.07, 6.45) is 1.58. The first kappa shape index (κ1) is 14.1. The third kappa shape index (κ3) is 2.80. The molecule has 3 nitrogen and oxygen atoms in total. The Balaban J connectivity index is 2.15. The Morgan fingerprint density at radius 2 is 2.00 bits per heavy atom. The molecule has 0 atom stereocenters. The molecule has 0 spiro atoms. The lowest BCUT2D eigenvalue weighted by Gasteiger charge is -2.13. The molecule has 0 saturated heterocycles. The molecule has 3 aromatic rings. The summed E-state index contributed by atoms with van der Waals surface area (Å²) in [5, 5.41) is 4.29. The van der Waals surface area contributed by atoms with Gasteiger partial charge in [0, 0.05) is 9.86 Å². The van der Waals surface area contributed by atoms with E-state index in [0.717, 1.165) is 15.4 Å². The van der Waals surface area contributed by atoms with E-state index < -0.39 is 0 Å². The van der Waals surface area contributed by atoms with Crippen molar-refractivity contribution in [1.29, 1.82) is 0 Å². The fourth-order valence-corrected chi connectivity index (χ4v) is 2.62. The largest absolute Gasteiger partial charge is 0.396 e. The van der Waals surface area contributed by atoms with E-state index in [1.54, 1.807) is 12.3 Å². The highest BCUT2D eigenvalue weighted by Crippen LogP contribution is 2.34. The van der Waals surface area contributed by atoms with Crippen LogP contribution < -0.4 is 11.1 Å². The summed E-state index contributed by atoms with van der Waals surface area (Å²) in [7, 11) is 0. The standard InChI is InChI=1S/C15H10BrClFN3/c16-8-1-3-13-10(5-8)15(12(19)7-20-13)21-14-4-2-9(18)6-11(14)17/h1-7H,19H2,(H,20,21). The van der Waals surface area contributed by atoms with E-state index in [0.29, 0.717) is 17.1 Å². The summed E-state index contributed by atoms with van der Waals surface area (Å²) in [5.41, 5.74) is 8.56. The van der Waals surface area contributed by atoms with Gasteiger partial charge < -0.3 is 11.1 Å². The molecule has 0 bridgehead atoms. The third-order valence-corrected chi connectivity index (χ3v) is 3.86. The highest BCUT2D eigenvalue weighted by atomic mass is 79.9. The molecule has 0 fully saturated rings. The van der Waals surface area contributed by atoms with Crippen LogP contribution >= 0.6 is 27.5 Å². The first-order chi connectivity index (χ1) is 10.0. The first-order valence-electron chi connectivity index (χ1n) is 6.10. The van der Waals surface area contributed by atoms with Gasteiger partial charge in [0.15, 0.2) is 0 Å². The Morgan fingerprint density at radius 1 is 1.19 bits per heavy atom. The van der Waals surface area contributed by atoms with Crippen LogP contribution in [0.2, 0.25) is 5.02 Å². The van der Waals surface area contributed by atoms with Crippen molar-refractivity contribution in [1.82, 2.24) is 4.98 Å². The molecule has 106 valence electrons. The molecule has 0 aliphatic carbocycles. The van der Waals surface area contributed by atoms with Crippen molar-refractivity contribution in [3.63, 3.8) is 0 Å². The highest BCUT2D eigenvalue weighted by Gasteiger charge is 2.10. The Kier molecular flexibility index (Phi) is 3.69. The van der Waals surface area contributed by atoms with Crippen LogP contribution in [0.4, 0.5) is 21.5 Å². The van der Waals surface area contributed by atoms with E-state index in [1.807, 2.05) is 18.2 Å². The lowest BCUT2D eigenvalue weighted by Crippen LogP contribution is -1.99. The van der Waals surface area contributed by atoms with Crippen LogP contribution in [0.5, 0.6) is 0 Å². The van der Waals surface area contributed by atoms with E-state index in [2.05, 4.69) is 26.2 Å². The van der Waals surface area contributed by atoms with Crippen LogP contribution in [0.3, 0.4) is 0 Å². The average molecular weight is 367 g/mol. The van der Waals surface area contributed by atoms with Crippen molar-refractivity contribution < 1.29 is 4.39 Å². The number of anilines is 3. The van der Waals surface area contributed by atoms with Crippen LogP contribution in [0.25, 0.3) is 10.9 Å². The number of nitrogens with zero attached hydrogens (tertiary/aromatic N) is 1. The van der Waals surface area contributed by atoms with Gasteiger partial charge in [-0.15, -0.1) is 0 Å². The topological polar surface area (TPSA) is 50.9 Å². The second-order valence-corrected chi connectivity index (χ2v) is 5.82. The van der Waals surface area contributed by atoms with Crippen LogP contribution in [0, 0.1) is 5.82 Å². The average Bonchev–Trinajstić information content (AvgIpc) is 2.44. The number of pyridine rings is 1. The maximum atomic E-state index is 13.1. The maximum Gasteiger partial charge on any atom is 0.124 e. The molecule has 0 radical (unpaired) electrons. The second-order valence-electron chi connectivity index (χ2n) is 4.50. The van der Waals surface area contributed by atoms with Crippen LogP contribution in [-0.2, 0) is 0 Å². The van der Waals surface area contributed by atoms with Gasteiger partial charge in [0.1, 0.15) is 5.82 Å². The molecule has 0 saturated carbocycles. The minimum absolute atomic E-state index is 0.286. The molecule has 21 heavy (non-hydrogen) atoms. The zero-order chi connectivity index (χ0) is 15.0. The molecule has 0 aliphatic rings. The minimum Gasteiger partial charge on any atom is -0.396 e. The van der Waals surface area contributed by atoms with Crippen molar-refractivity contribution >= 4 is 55.5 Å². The number of nitrogens with two attached hydrogens (primary N) is 1. The first-order valence-corrected chi connectivity index (χ1v) is 7.27. The normalized spacial score (nSPS) is 10.8. The molecule has 3 rings (SSSR count). The zero-order valence-corrected chi connectivity index (χ0v) is 13.0. The number of hydrogen-bond acceptors (Lipinski definition) is 3. The molecule has 1 heterocycles. The Labute approximate surface area is 134 Å². The van der Waals surface area contributed by atoms with E-state index in [4.69, 9.17) is 17.3 Å². The van der Waals surface area contributed by atoms with Crippen LogP contribution in [0.1, 0.15) is 0 Å². The number of hydrogen-bond donors (Lipinski definition) is 2. The maximum absolute atomic E-state index is 13.1. The van der Waals surface area contributed by atoms with Crippen LogP contribution in [-0.4, -0.2) is 4.98 Å². The molecule has 3 N–H and O–H groups in total. The number of benzene rings is 2. The molecule has 0 aliphatic heterocycles. The Bertz CT molecular complexity index is 833. The van der Waals surface area contributed by atoms with Crippen molar-refractivity contribution in [2.24, 2.45) is 0 Å². The lowest BCUT2D eigenvalue weighted by atomic mass is 10.1. The molecular weight excluding hydrogens is 357 g/mol. The number of aromatic nitrogens is 1. The van der Waals surface area contributed by atoms with Gasteiger partial charge in [-0.1, -0.05) is 27.5 Å². The number of nitrogens with one attached hydrogen (secondary N) is 1. The van der Waals surface area contributed by atoms with Gasteiger partial charge >= 0.3 is 0 Å². The van der Waals surface area contributed by atoms with Gasteiger partial charge in [-0.05, 0) is 36.4 Å². The van der Waals surface area contributed by atoms with Gasteiger partial charge in [0.2, 0.25) is 0 Å². The fraction of sp³-hybridized carbons (Fsp3) is 0. The molecule has 2 aromatic carbocycles. The Hall–Kier alpha value is -1.85. The van der Waals surface area contributed by atoms with E-state index in [1.165, 1.54) is 12.1 Å². The fourth-order valence-electron chi connectivity index (χ4n) is 2.05. The number of nitrogen functional groups attached to an aromatic ring is 1. The van der Waals surface area contributed by atoms with Crippen LogP contribution in [0.15, 0.2) is 47.1 Å². The van der Waals surface area contributed by atoms with E-state index in [9.17, 15) is 4.39 Å². The number of fused-ring (bicyclic) bond motifs is 1. The van der Waals surface area contributed by atoms with E-state index >= 15 is 0 Å². The summed E-state index contributed by atoms with van der Waals surface area (Å²) >= 11 is 9.47. The highest BCUT2D eigenvalue weighted by molar-refractivity contribution is 9.10. The second kappa shape index (κ2) is 5.50. The quantitative estimate of drug-likeness (QED) is 0.662.